The van der Waals surface area contributed by atoms with E-state index in [2.05, 4.69) is 20.2 Å². The second-order valence-electron chi connectivity index (χ2n) is 8.85. The minimum absolute atomic E-state index is 0.265. The average Bonchev–Trinajstić information content (AvgIpc) is 3.38. The van der Waals surface area contributed by atoms with Crippen LogP contribution < -0.4 is 15.0 Å². The highest BCUT2D eigenvalue weighted by molar-refractivity contribution is 5.77. The van der Waals surface area contributed by atoms with Crippen molar-refractivity contribution in [2.75, 3.05) is 44.2 Å². The molecule has 1 unspecified atom stereocenters. The molecule has 0 aliphatic carbocycles. The molecule has 2 fully saturated rings. The van der Waals surface area contributed by atoms with Crippen molar-refractivity contribution >= 4 is 11.7 Å². The molecule has 0 spiro atoms. The van der Waals surface area contributed by atoms with Gasteiger partial charge < -0.3 is 25.0 Å². The maximum Gasteiger partial charge on any atom is 0.222 e. The van der Waals surface area contributed by atoms with Crippen LogP contribution in [0.4, 0.5) is 5.82 Å². The van der Waals surface area contributed by atoms with E-state index in [0.717, 1.165) is 55.3 Å². The molecule has 2 N–H and O–H groups in total. The first-order valence-corrected chi connectivity index (χ1v) is 11.5. The summed E-state index contributed by atoms with van der Waals surface area (Å²) >= 11 is 0. The van der Waals surface area contributed by atoms with Crippen molar-refractivity contribution in [1.82, 2.24) is 20.2 Å². The summed E-state index contributed by atoms with van der Waals surface area (Å²) in [6.07, 6.45) is 4.79. The number of ether oxygens (including phenoxy) is 1. The zero-order chi connectivity index (χ0) is 22.4. The SMILES string of the molecule is Cc1cc(N2CCC(O)(CNCc3ccc(OCCCN4CCCC4=O)cc3)C2)ncn1. The van der Waals surface area contributed by atoms with Crippen LogP contribution in [-0.4, -0.2) is 70.8 Å². The Kier molecular flexibility index (Phi) is 7.22. The minimum atomic E-state index is -0.765. The van der Waals surface area contributed by atoms with E-state index in [9.17, 15) is 9.90 Å². The van der Waals surface area contributed by atoms with Crippen molar-refractivity contribution in [3.63, 3.8) is 0 Å². The zero-order valence-electron chi connectivity index (χ0n) is 18.8. The van der Waals surface area contributed by atoms with Gasteiger partial charge in [0.2, 0.25) is 5.91 Å². The minimum Gasteiger partial charge on any atom is -0.494 e. The predicted molar refractivity (Wildman–Crippen MR) is 123 cm³/mol. The zero-order valence-corrected chi connectivity index (χ0v) is 18.8. The van der Waals surface area contributed by atoms with Crippen molar-refractivity contribution in [3.8, 4) is 5.75 Å². The van der Waals surface area contributed by atoms with Crippen molar-refractivity contribution in [1.29, 1.82) is 0 Å². The lowest BCUT2D eigenvalue weighted by molar-refractivity contribution is -0.127. The number of hydrogen-bond donors (Lipinski definition) is 2. The van der Waals surface area contributed by atoms with Gasteiger partial charge in [-0.15, -0.1) is 0 Å². The second kappa shape index (κ2) is 10.3. The molecule has 2 saturated heterocycles. The quantitative estimate of drug-likeness (QED) is 0.547. The fourth-order valence-corrected chi connectivity index (χ4v) is 4.34. The van der Waals surface area contributed by atoms with Crippen LogP contribution in [0.3, 0.4) is 0 Å². The molecule has 1 amide bonds. The lowest BCUT2D eigenvalue weighted by atomic mass is 10.0. The molecular formula is C24H33N5O3. The number of carbonyl (C=O) groups is 1. The standard InChI is InChI=1S/C24H33N5O3/c1-19-14-22(27-18-26-19)29-12-9-24(31,17-29)16-25-15-20-5-7-21(8-6-20)32-13-3-11-28-10-2-4-23(28)30/h5-8,14,18,25,31H,2-4,9-13,15-17H2,1H3. The summed E-state index contributed by atoms with van der Waals surface area (Å²) in [5.41, 5.74) is 1.31. The number of β-amino-alcohol motifs (C(OH)–C–C–N with tert-alkyl or cyclic N) is 1. The van der Waals surface area contributed by atoms with E-state index in [1.54, 1.807) is 6.33 Å². The molecule has 8 heteroatoms. The van der Waals surface area contributed by atoms with Crippen molar-refractivity contribution in [2.45, 2.75) is 44.8 Å². The number of carbonyl (C=O) groups excluding carboxylic acids is 1. The molecule has 1 aromatic heterocycles. The molecule has 2 aliphatic heterocycles. The van der Waals surface area contributed by atoms with Gasteiger partial charge in [-0.3, -0.25) is 4.79 Å². The normalized spacial score (nSPS) is 20.9. The number of rotatable bonds is 10. The van der Waals surface area contributed by atoms with Crippen LogP contribution in [0.15, 0.2) is 36.7 Å². The number of likely N-dealkylation sites (tertiary alicyclic amines) is 1. The highest BCUT2D eigenvalue weighted by Gasteiger charge is 2.36. The molecule has 0 bridgehead atoms. The maximum absolute atomic E-state index is 11.6. The second-order valence-corrected chi connectivity index (χ2v) is 8.85. The van der Waals surface area contributed by atoms with Crippen molar-refractivity contribution < 1.29 is 14.6 Å². The van der Waals surface area contributed by atoms with Gasteiger partial charge in [-0.05, 0) is 43.9 Å². The van der Waals surface area contributed by atoms with Gasteiger partial charge in [-0.1, -0.05) is 12.1 Å². The van der Waals surface area contributed by atoms with Gasteiger partial charge in [0.15, 0.2) is 0 Å². The molecule has 1 atom stereocenters. The molecule has 4 rings (SSSR count). The van der Waals surface area contributed by atoms with Crippen LogP contribution in [0.25, 0.3) is 0 Å². The summed E-state index contributed by atoms with van der Waals surface area (Å²) in [4.78, 5) is 24.1. The van der Waals surface area contributed by atoms with E-state index < -0.39 is 5.60 Å². The van der Waals surface area contributed by atoms with Crippen molar-refractivity contribution in [3.05, 3.63) is 47.9 Å². The number of aromatic nitrogens is 2. The van der Waals surface area contributed by atoms with E-state index in [4.69, 9.17) is 4.74 Å². The third-order valence-electron chi connectivity index (χ3n) is 6.16. The monoisotopic (exact) mass is 439 g/mol. The third-order valence-corrected chi connectivity index (χ3v) is 6.16. The molecular weight excluding hydrogens is 406 g/mol. The van der Waals surface area contributed by atoms with Gasteiger partial charge in [0, 0.05) is 57.4 Å². The Bertz CT molecular complexity index is 907. The Labute approximate surface area is 189 Å². The topological polar surface area (TPSA) is 90.8 Å². The van der Waals surface area contributed by atoms with Crippen LogP contribution in [0.2, 0.25) is 0 Å². The number of aryl methyl sites for hydroxylation is 1. The summed E-state index contributed by atoms with van der Waals surface area (Å²) in [6.45, 7) is 6.77. The highest BCUT2D eigenvalue weighted by atomic mass is 16.5. The number of hydrogen-bond acceptors (Lipinski definition) is 7. The predicted octanol–water partition coefficient (Wildman–Crippen LogP) is 1.91. The lowest BCUT2D eigenvalue weighted by Gasteiger charge is -2.24. The van der Waals surface area contributed by atoms with E-state index in [-0.39, 0.29) is 5.91 Å². The van der Waals surface area contributed by atoms with Crippen LogP contribution in [-0.2, 0) is 11.3 Å². The molecule has 8 nitrogen and oxygen atoms in total. The molecule has 0 saturated carbocycles. The van der Waals surface area contributed by atoms with Gasteiger partial charge >= 0.3 is 0 Å². The summed E-state index contributed by atoms with van der Waals surface area (Å²) in [6, 6.07) is 9.99. The molecule has 2 aromatic rings. The number of amides is 1. The Morgan fingerprint density at radius 3 is 2.81 bits per heavy atom. The highest BCUT2D eigenvalue weighted by Crippen LogP contribution is 2.25. The van der Waals surface area contributed by atoms with E-state index in [0.29, 0.717) is 39.1 Å². The fourth-order valence-electron chi connectivity index (χ4n) is 4.34. The fraction of sp³-hybridized carbons (Fsp3) is 0.542. The Balaban J connectivity index is 1.16. The molecule has 1 aromatic carbocycles. The summed E-state index contributed by atoms with van der Waals surface area (Å²) < 4.78 is 5.81. The maximum atomic E-state index is 11.6. The molecule has 0 radical (unpaired) electrons. The summed E-state index contributed by atoms with van der Waals surface area (Å²) in [5, 5.41) is 14.3. The third kappa shape index (κ3) is 5.95. The molecule has 2 aliphatic rings. The first-order chi connectivity index (χ1) is 15.5. The van der Waals surface area contributed by atoms with Gasteiger partial charge in [0.05, 0.1) is 12.2 Å². The molecule has 32 heavy (non-hydrogen) atoms. The van der Waals surface area contributed by atoms with Gasteiger partial charge in [-0.25, -0.2) is 9.97 Å². The number of anilines is 1. The number of aliphatic hydroxyl groups is 1. The van der Waals surface area contributed by atoms with Crippen molar-refractivity contribution in [2.24, 2.45) is 0 Å². The number of nitrogens with one attached hydrogen (secondary N) is 1. The Morgan fingerprint density at radius 1 is 1.22 bits per heavy atom. The van der Waals surface area contributed by atoms with Gasteiger partial charge in [-0.2, -0.15) is 0 Å². The summed E-state index contributed by atoms with van der Waals surface area (Å²) in [7, 11) is 0. The summed E-state index contributed by atoms with van der Waals surface area (Å²) in [5.74, 6) is 1.98. The van der Waals surface area contributed by atoms with Crippen LogP contribution >= 0.6 is 0 Å². The Morgan fingerprint density at radius 2 is 2.06 bits per heavy atom. The van der Waals surface area contributed by atoms with E-state index in [1.807, 2.05) is 42.2 Å². The smallest absolute Gasteiger partial charge is 0.222 e. The Hall–Kier alpha value is -2.71. The number of nitrogens with zero attached hydrogens (tertiary/aromatic N) is 4. The first-order valence-electron chi connectivity index (χ1n) is 11.5. The largest absolute Gasteiger partial charge is 0.494 e. The van der Waals surface area contributed by atoms with E-state index >= 15 is 0 Å². The number of benzene rings is 1. The van der Waals surface area contributed by atoms with Crippen LogP contribution in [0, 0.1) is 6.92 Å². The lowest BCUT2D eigenvalue weighted by Crippen LogP contribution is -2.43. The van der Waals surface area contributed by atoms with Crippen LogP contribution in [0.1, 0.15) is 36.9 Å². The van der Waals surface area contributed by atoms with Gasteiger partial charge in [0.1, 0.15) is 17.9 Å². The van der Waals surface area contributed by atoms with Gasteiger partial charge in [0.25, 0.3) is 0 Å². The molecule has 3 heterocycles. The molecule has 172 valence electrons. The first kappa shape index (κ1) is 22.5. The van der Waals surface area contributed by atoms with E-state index in [1.165, 1.54) is 0 Å². The average molecular weight is 440 g/mol. The van der Waals surface area contributed by atoms with Crippen LogP contribution in [0.5, 0.6) is 5.75 Å².